The Balaban J connectivity index is 4.27. The SMILES string of the molecule is COCC1=C(C(=O)OC)C(C(=O)OC)(C(=O)OC)C(C(=O)OC)=C1C(=O)OC. The van der Waals surface area contributed by atoms with Crippen LogP contribution in [0.25, 0.3) is 0 Å². The van der Waals surface area contributed by atoms with Crippen molar-refractivity contribution in [3.8, 4) is 0 Å². The zero-order valence-electron chi connectivity index (χ0n) is 16.2. The highest BCUT2D eigenvalue weighted by atomic mass is 16.6. The molecule has 0 atom stereocenters. The Labute approximate surface area is 160 Å². The fraction of sp³-hybridized carbons (Fsp3) is 0.471. The topological polar surface area (TPSA) is 141 Å². The monoisotopic (exact) mass is 400 g/mol. The van der Waals surface area contributed by atoms with E-state index in [1.165, 1.54) is 7.11 Å². The second-order valence-corrected chi connectivity index (χ2v) is 5.24. The van der Waals surface area contributed by atoms with Gasteiger partial charge in [-0.2, -0.15) is 0 Å². The molecule has 0 bridgehead atoms. The molecule has 11 heteroatoms. The number of rotatable bonds is 7. The summed E-state index contributed by atoms with van der Waals surface area (Å²) in [5.74, 6) is -6.31. The van der Waals surface area contributed by atoms with Gasteiger partial charge in [0.2, 0.25) is 5.41 Å². The maximum atomic E-state index is 12.8. The standard InChI is InChI=1S/C17H20O11/c1-23-7-8-9(12(18)24-2)11(14(20)26-4)17(15(21)27-5,16(22)28-6)10(8)13(19)25-3/h7H2,1-6H3. The number of carbonyl (C=O) groups is 5. The lowest BCUT2D eigenvalue weighted by Crippen LogP contribution is -2.47. The Hall–Kier alpha value is -3.21. The molecule has 1 aliphatic rings. The molecule has 11 nitrogen and oxygen atoms in total. The zero-order chi connectivity index (χ0) is 21.6. The summed E-state index contributed by atoms with van der Waals surface area (Å²) < 4.78 is 28.4. The number of carbonyl (C=O) groups excluding carboxylic acids is 5. The molecule has 1 aliphatic carbocycles. The Kier molecular flexibility index (Phi) is 7.44. The van der Waals surface area contributed by atoms with Gasteiger partial charge < -0.3 is 28.4 Å². The van der Waals surface area contributed by atoms with Gasteiger partial charge in [0.15, 0.2) is 0 Å². The Morgan fingerprint density at radius 2 is 1.07 bits per heavy atom. The number of methoxy groups -OCH3 is 6. The third-order valence-corrected chi connectivity index (χ3v) is 4.04. The molecule has 0 aromatic heterocycles. The van der Waals surface area contributed by atoms with Crippen LogP contribution in [0, 0.1) is 5.41 Å². The highest BCUT2D eigenvalue weighted by molar-refractivity contribution is 6.25. The maximum absolute atomic E-state index is 12.8. The van der Waals surface area contributed by atoms with Crippen molar-refractivity contribution in [2.24, 2.45) is 5.41 Å². The van der Waals surface area contributed by atoms with Crippen molar-refractivity contribution in [2.45, 2.75) is 0 Å². The first kappa shape index (κ1) is 22.8. The third kappa shape index (κ3) is 3.24. The van der Waals surface area contributed by atoms with Gasteiger partial charge in [0, 0.05) is 12.7 Å². The van der Waals surface area contributed by atoms with Gasteiger partial charge >= 0.3 is 29.8 Å². The van der Waals surface area contributed by atoms with Gasteiger partial charge in [0.05, 0.1) is 58.9 Å². The first-order valence-corrected chi connectivity index (χ1v) is 7.63. The fourth-order valence-corrected chi connectivity index (χ4v) is 2.96. The van der Waals surface area contributed by atoms with E-state index in [0.29, 0.717) is 0 Å². The van der Waals surface area contributed by atoms with Crippen molar-refractivity contribution in [1.29, 1.82) is 0 Å². The predicted molar refractivity (Wildman–Crippen MR) is 88.4 cm³/mol. The molecule has 0 aliphatic heterocycles. The molecule has 0 saturated carbocycles. The van der Waals surface area contributed by atoms with Gasteiger partial charge in [0.1, 0.15) is 0 Å². The summed E-state index contributed by atoms with van der Waals surface area (Å²) in [5.41, 5.74) is -5.09. The van der Waals surface area contributed by atoms with Crippen molar-refractivity contribution in [3.63, 3.8) is 0 Å². The summed E-state index contributed by atoms with van der Waals surface area (Å²) in [7, 11) is 6.00. The molecule has 154 valence electrons. The van der Waals surface area contributed by atoms with E-state index in [2.05, 4.69) is 23.7 Å². The molecule has 0 spiro atoms. The summed E-state index contributed by atoms with van der Waals surface area (Å²) in [6, 6.07) is 0. The van der Waals surface area contributed by atoms with Crippen LogP contribution in [0.15, 0.2) is 22.3 Å². The van der Waals surface area contributed by atoms with Crippen LogP contribution in [0.5, 0.6) is 0 Å². The molecule has 0 aromatic rings. The van der Waals surface area contributed by atoms with E-state index < -0.39 is 58.6 Å². The number of ether oxygens (including phenoxy) is 6. The van der Waals surface area contributed by atoms with Crippen LogP contribution >= 0.6 is 0 Å². The zero-order valence-corrected chi connectivity index (χ0v) is 16.2. The van der Waals surface area contributed by atoms with Crippen molar-refractivity contribution < 1.29 is 52.4 Å². The average Bonchev–Trinajstić information content (AvgIpc) is 3.02. The molecule has 28 heavy (non-hydrogen) atoms. The van der Waals surface area contributed by atoms with Crippen LogP contribution in [-0.2, 0) is 52.4 Å². The molecule has 0 N–H and O–H groups in total. The van der Waals surface area contributed by atoms with E-state index in [4.69, 9.17) is 4.74 Å². The van der Waals surface area contributed by atoms with Gasteiger partial charge in [-0.15, -0.1) is 0 Å². The lowest BCUT2D eigenvalue weighted by molar-refractivity contribution is -0.167. The largest absolute Gasteiger partial charge is 0.468 e. The van der Waals surface area contributed by atoms with E-state index in [1.807, 2.05) is 0 Å². The van der Waals surface area contributed by atoms with Gasteiger partial charge in [0.25, 0.3) is 0 Å². The molecule has 1 rings (SSSR count). The van der Waals surface area contributed by atoms with Crippen LogP contribution in [-0.4, -0.2) is 79.1 Å². The summed E-state index contributed by atoms with van der Waals surface area (Å²) in [4.78, 5) is 63.2. The quantitative estimate of drug-likeness (QED) is 0.298. The minimum atomic E-state index is -2.78. The second-order valence-electron chi connectivity index (χ2n) is 5.24. The Morgan fingerprint density at radius 1 is 0.643 bits per heavy atom. The van der Waals surface area contributed by atoms with Crippen molar-refractivity contribution in [1.82, 2.24) is 0 Å². The summed E-state index contributed by atoms with van der Waals surface area (Å²) in [6.07, 6.45) is 0. The van der Waals surface area contributed by atoms with Gasteiger partial charge in [-0.3, -0.25) is 9.59 Å². The normalized spacial score (nSPS) is 15.1. The van der Waals surface area contributed by atoms with Crippen molar-refractivity contribution >= 4 is 29.8 Å². The molecule has 0 aromatic carbocycles. The van der Waals surface area contributed by atoms with Crippen LogP contribution < -0.4 is 0 Å². The van der Waals surface area contributed by atoms with Gasteiger partial charge in [-0.1, -0.05) is 0 Å². The van der Waals surface area contributed by atoms with Gasteiger partial charge in [-0.05, 0) is 0 Å². The fourth-order valence-electron chi connectivity index (χ4n) is 2.96. The van der Waals surface area contributed by atoms with Crippen LogP contribution in [0.3, 0.4) is 0 Å². The highest BCUT2D eigenvalue weighted by Gasteiger charge is 2.66. The molecule has 0 fully saturated rings. The first-order valence-electron chi connectivity index (χ1n) is 7.63. The Morgan fingerprint density at radius 3 is 1.43 bits per heavy atom. The van der Waals surface area contributed by atoms with Crippen LogP contribution in [0.4, 0.5) is 0 Å². The van der Waals surface area contributed by atoms with E-state index in [0.717, 1.165) is 35.5 Å². The lowest BCUT2D eigenvalue weighted by atomic mass is 9.75. The minimum absolute atomic E-state index is 0.280. The Bertz CT molecular complexity index is 756. The smallest absolute Gasteiger partial charge is 0.338 e. The van der Waals surface area contributed by atoms with Crippen molar-refractivity contribution in [2.75, 3.05) is 49.3 Å². The average molecular weight is 400 g/mol. The van der Waals surface area contributed by atoms with E-state index in [9.17, 15) is 24.0 Å². The predicted octanol–water partition coefficient (Wildman–Crippen LogP) is -0.909. The van der Waals surface area contributed by atoms with E-state index in [1.54, 1.807) is 0 Å². The molecule has 0 amide bonds. The van der Waals surface area contributed by atoms with Crippen molar-refractivity contribution in [3.05, 3.63) is 22.3 Å². The first-order chi connectivity index (χ1) is 13.2. The lowest BCUT2D eigenvalue weighted by Gasteiger charge is -2.27. The van der Waals surface area contributed by atoms with E-state index >= 15 is 0 Å². The molecule has 0 saturated heterocycles. The molecule has 0 radical (unpaired) electrons. The third-order valence-electron chi connectivity index (χ3n) is 4.04. The summed E-state index contributed by atoms with van der Waals surface area (Å²) >= 11 is 0. The molecule has 0 unspecified atom stereocenters. The second kappa shape index (κ2) is 9.13. The minimum Gasteiger partial charge on any atom is -0.468 e. The summed E-state index contributed by atoms with van der Waals surface area (Å²) in [6.45, 7) is -0.453. The molecular formula is C17H20O11. The van der Waals surface area contributed by atoms with Crippen LogP contribution in [0.1, 0.15) is 0 Å². The number of hydrogen-bond donors (Lipinski definition) is 0. The van der Waals surface area contributed by atoms with Crippen LogP contribution in [0.2, 0.25) is 0 Å². The van der Waals surface area contributed by atoms with E-state index in [-0.39, 0.29) is 5.57 Å². The molecule has 0 heterocycles. The highest BCUT2D eigenvalue weighted by Crippen LogP contribution is 2.50. The summed E-state index contributed by atoms with van der Waals surface area (Å²) in [5, 5.41) is 0. The molecular weight excluding hydrogens is 380 g/mol. The van der Waals surface area contributed by atoms with Gasteiger partial charge in [-0.25, -0.2) is 14.4 Å². The number of hydrogen-bond acceptors (Lipinski definition) is 11. The number of esters is 5. The maximum Gasteiger partial charge on any atom is 0.338 e.